The SMILES string of the molecule is Cc1cc(C#N)ccc1COC1CC(C)OC(C)C1. The lowest BCUT2D eigenvalue weighted by molar-refractivity contribution is -0.106. The van der Waals surface area contributed by atoms with Crippen molar-refractivity contribution in [2.45, 2.75) is 58.5 Å². The normalized spacial score (nSPS) is 26.9. The fourth-order valence-electron chi connectivity index (χ4n) is 2.62. The molecular formula is C16H21NO2. The van der Waals surface area contributed by atoms with Crippen LogP contribution in [0.1, 0.15) is 43.4 Å². The summed E-state index contributed by atoms with van der Waals surface area (Å²) in [5.74, 6) is 0. The van der Waals surface area contributed by atoms with Crippen molar-refractivity contribution in [3.8, 4) is 6.07 Å². The summed E-state index contributed by atoms with van der Waals surface area (Å²) in [6.07, 6.45) is 2.74. The molecule has 0 aliphatic carbocycles. The van der Waals surface area contributed by atoms with Crippen molar-refractivity contribution in [1.82, 2.24) is 0 Å². The number of ether oxygens (including phenoxy) is 2. The summed E-state index contributed by atoms with van der Waals surface area (Å²) in [6, 6.07) is 7.90. The first kappa shape index (κ1) is 14.0. The quantitative estimate of drug-likeness (QED) is 0.836. The number of benzene rings is 1. The molecule has 102 valence electrons. The van der Waals surface area contributed by atoms with Crippen molar-refractivity contribution in [3.05, 3.63) is 34.9 Å². The average molecular weight is 259 g/mol. The lowest BCUT2D eigenvalue weighted by atomic mass is 10.0. The second kappa shape index (κ2) is 6.18. The van der Waals surface area contributed by atoms with Gasteiger partial charge in [0.05, 0.1) is 36.6 Å². The molecule has 1 aliphatic rings. The Morgan fingerprint density at radius 2 is 2.00 bits per heavy atom. The minimum Gasteiger partial charge on any atom is -0.375 e. The lowest BCUT2D eigenvalue weighted by Crippen LogP contribution is -2.34. The van der Waals surface area contributed by atoms with Gasteiger partial charge < -0.3 is 9.47 Å². The molecule has 0 aromatic heterocycles. The van der Waals surface area contributed by atoms with Crippen LogP contribution in [0.2, 0.25) is 0 Å². The molecule has 1 saturated heterocycles. The largest absolute Gasteiger partial charge is 0.375 e. The minimum atomic E-state index is 0.272. The minimum absolute atomic E-state index is 0.272. The van der Waals surface area contributed by atoms with Crippen LogP contribution in [0.5, 0.6) is 0 Å². The number of hydrogen-bond acceptors (Lipinski definition) is 3. The van der Waals surface area contributed by atoms with Crippen LogP contribution in [0.15, 0.2) is 18.2 Å². The summed E-state index contributed by atoms with van der Waals surface area (Å²) in [6.45, 7) is 6.83. The molecule has 2 atom stereocenters. The Morgan fingerprint density at radius 3 is 2.58 bits per heavy atom. The van der Waals surface area contributed by atoms with Crippen LogP contribution < -0.4 is 0 Å². The molecule has 0 spiro atoms. The molecule has 0 radical (unpaired) electrons. The Morgan fingerprint density at radius 1 is 1.32 bits per heavy atom. The molecule has 2 unspecified atom stereocenters. The van der Waals surface area contributed by atoms with Crippen LogP contribution in [0, 0.1) is 18.3 Å². The van der Waals surface area contributed by atoms with E-state index in [0.717, 1.165) is 24.0 Å². The van der Waals surface area contributed by atoms with Gasteiger partial charge >= 0.3 is 0 Å². The van der Waals surface area contributed by atoms with Gasteiger partial charge in [-0.05, 0) is 56.9 Å². The molecule has 19 heavy (non-hydrogen) atoms. The molecule has 0 bridgehead atoms. The number of nitrogens with zero attached hydrogens (tertiary/aromatic N) is 1. The lowest BCUT2D eigenvalue weighted by Gasteiger charge is -2.32. The molecule has 1 heterocycles. The molecule has 0 N–H and O–H groups in total. The van der Waals surface area contributed by atoms with Gasteiger partial charge in [-0.15, -0.1) is 0 Å². The second-order valence-electron chi connectivity index (χ2n) is 5.41. The van der Waals surface area contributed by atoms with Gasteiger partial charge in [0.25, 0.3) is 0 Å². The molecule has 1 aromatic carbocycles. The predicted octanol–water partition coefficient (Wildman–Crippen LogP) is 3.34. The maximum atomic E-state index is 8.85. The Balaban J connectivity index is 1.93. The van der Waals surface area contributed by atoms with E-state index in [9.17, 15) is 0 Å². The standard InChI is InChI=1S/C16H21NO2/c1-11-6-14(9-17)4-5-15(11)10-18-16-7-12(2)19-13(3)8-16/h4-6,12-13,16H,7-8,10H2,1-3H3. The zero-order valence-corrected chi connectivity index (χ0v) is 11.8. The maximum absolute atomic E-state index is 8.85. The van der Waals surface area contributed by atoms with Gasteiger partial charge in [0.1, 0.15) is 0 Å². The van der Waals surface area contributed by atoms with E-state index in [0.29, 0.717) is 12.2 Å². The molecule has 2 rings (SSSR count). The van der Waals surface area contributed by atoms with Crippen LogP contribution in [-0.2, 0) is 16.1 Å². The molecule has 3 heteroatoms. The summed E-state index contributed by atoms with van der Waals surface area (Å²) in [4.78, 5) is 0. The van der Waals surface area contributed by atoms with E-state index >= 15 is 0 Å². The van der Waals surface area contributed by atoms with E-state index in [4.69, 9.17) is 14.7 Å². The zero-order valence-electron chi connectivity index (χ0n) is 11.8. The topological polar surface area (TPSA) is 42.2 Å². The third kappa shape index (κ3) is 3.79. The molecule has 1 fully saturated rings. The summed E-state index contributed by atoms with van der Waals surface area (Å²) in [5.41, 5.74) is 2.98. The summed E-state index contributed by atoms with van der Waals surface area (Å²) >= 11 is 0. The fraction of sp³-hybridized carbons (Fsp3) is 0.562. The van der Waals surface area contributed by atoms with Crippen LogP contribution in [0.3, 0.4) is 0 Å². The van der Waals surface area contributed by atoms with Gasteiger partial charge in [-0.3, -0.25) is 0 Å². The smallest absolute Gasteiger partial charge is 0.0991 e. The summed E-state index contributed by atoms with van der Waals surface area (Å²) < 4.78 is 11.7. The van der Waals surface area contributed by atoms with Crippen LogP contribution in [0.25, 0.3) is 0 Å². The first-order valence-corrected chi connectivity index (χ1v) is 6.85. The first-order chi connectivity index (χ1) is 9.08. The third-order valence-corrected chi connectivity index (χ3v) is 3.60. The van der Waals surface area contributed by atoms with Gasteiger partial charge in [0.2, 0.25) is 0 Å². The Kier molecular flexibility index (Phi) is 4.57. The number of aryl methyl sites for hydroxylation is 1. The van der Waals surface area contributed by atoms with Crippen molar-refractivity contribution >= 4 is 0 Å². The molecule has 0 saturated carbocycles. The predicted molar refractivity (Wildman–Crippen MR) is 73.7 cm³/mol. The van der Waals surface area contributed by atoms with Crippen molar-refractivity contribution in [2.75, 3.05) is 0 Å². The highest BCUT2D eigenvalue weighted by atomic mass is 16.5. The number of rotatable bonds is 3. The van der Waals surface area contributed by atoms with Gasteiger partial charge in [-0.2, -0.15) is 5.26 Å². The zero-order chi connectivity index (χ0) is 13.8. The van der Waals surface area contributed by atoms with Crippen molar-refractivity contribution in [2.24, 2.45) is 0 Å². The van der Waals surface area contributed by atoms with Crippen LogP contribution in [-0.4, -0.2) is 18.3 Å². The van der Waals surface area contributed by atoms with Crippen molar-refractivity contribution in [3.63, 3.8) is 0 Å². The Bertz CT molecular complexity index is 468. The van der Waals surface area contributed by atoms with Crippen LogP contribution >= 0.6 is 0 Å². The first-order valence-electron chi connectivity index (χ1n) is 6.85. The Hall–Kier alpha value is -1.37. The highest BCUT2D eigenvalue weighted by Crippen LogP contribution is 2.23. The number of nitriles is 1. The van der Waals surface area contributed by atoms with E-state index in [1.807, 2.05) is 25.1 Å². The van der Waals surface area contributed by atoms with Gasteiger partial charge in [-0.1, -0.05) is 6.07 Å². The molecule has 1 aliphatic heterocycles. The highest BCUT2D eigenvalue weighted by Gasteiger charge is 2.24. The maximum Gasteiger partial charge on any atom is 0.0991 e. The van der Waals surface area contributed by atoms with Crippen molar-refractivity contribution < 1.29 is 9.47 Å². The Labute approximate surface area is 115 Å². The van der Waals surface area contributed by atoms with Gasteiger partial charge in [0, 0.05) is 0 Å². The van der Waals surface area contributed by atoms with E-state index in [1.54, 1.807) is 0 Å². The fourth-order valence-corrected chi connectivity index (χ4v) is 2.62. The van der Waals surface area contributed by atoms with Crippen molar-refractivity contribution in [1.29, 1.82) is 5.26 Å². The van der Waals surface area contributed by atoms with Gasteiger partial charge in [0.15, 0.2) is 0 Å². The molecule has 0 amide bonds. The summed E-state index contributed by atoms with van der Waals surface area (Å²) in [7, 11) is 0. The van der Waals surface area contributed by atoms with E-state index in [1.165, 1.54) is 0 Å². The van der Waals surface area contributed by atoms with Gasteiger partial charge in [-0.25, -0.2) is 0 Å². The molecule has 1 aromatic rings. The molecular weight excluding hydrogens is 238 g/mol. The van der Waals surface area contributed by atoms with E-state index in [2.05, 4.69) is 19.9 Å². The molecule has 3 nitrogen and oxygen atoms in total. The average Bonchev–Trinajstić information content (AvgIpc) is 2.36. The van der Waals surface area contributed by atoms with E-state index in [-0.39, 0.29) is 18.3 Å². The van der Waals surface area contributed by atoms with Crippen LogP contribution in [0.4, 0.5) is 0 Å². The second-order valence-corrected chi connectivity index (χ2v) is 5.41. The third-order valence-electron chi connectivity index (χ3n) is 3.60. The number of hydrogen-bond donors (Lipinski definition) is 0. The van der Waals surface area contributed by atoms with E-state index < -0.39 is 0 Å². The highest BCUT2D eigenvalue weighted by molar-refractivity contribution is 5.37. The monoisotopic (exact) mass is 259 g/mol. The summed E-state index contributed by atoms with van der Waals surface area (Å²) in [5, 5.41) is 8.85.